The van der Waals surface area contributed by atoms with Crippen LogP contribution in [0, 0.1) is 12.8 Å². The van der Waals surface area contributed by atoms with Crippen molar-refractivity contribution in [3.63, 3.8) is 0 Å². The SMILES string of the molecule is Cc1ccc(C2=NN(C(=O)CN3CCC(C(N)=O)CC3)[C@@H](c3ccco3)C2)cc1. The molecule has 1 fully saturated rings. The van der Waals surface area contributed by atoms with Crippen LogP contribution < -0.4 is 5.73 Å². The van der Waals surface area contributed by atoms with Gasteiger partial charge in [-0.25, -0.2) is 5.01 Å². The lowest BCUT2D eigenvalue weighted by Crippen LogP contribution is -2.43. The van der Waals surface area contributed by atoms with Gasteiger partial charge in [-0.1, -0.05) is 29.8 Å². The van der Waals surface area contributed by atoms with Crippen LogP contribution in [0.5, 0.6) is 0 Å². The normalized spacial score (nSPS) is 20.7. The molecule has 1 saturated heterocycles. The van der Waals surface area contributed by atoms with Gasteiger partial charge in [0.15, 0.2) is 0 Å². The van der Waals surface area contributed by atoms with Crippen LogP contribution in [0.15, 0.2) is 52.2 Å². The molecule has 2 aromatic rings. The average molecular weight is 394 g/mol. The number of carbonyl (C=O) groups excluding carboxylic acids is 2. The van der Waals surface area contributed by atoms with E-state index >= 15 is 0 Å². The number of furan rings is 1. The number of piperidine rings is 1. The summed E-state index contributed by atoms with van der Waals surface area (Å²) in [6.45, 7) is 3.69. The van der Waals surface area contributed by atoms with E-state index in [1.54, 1.807) is 11.3 Å². The number of carbonyl (C=O) groups is 2. The van der Waals surface area contributed by atoms with E-state index in [-0.39, 0.29) is 30.3 Å². The van der Waals surface area contributed by atoms with E-state index in [9.17, 15) is 9.59 Å². The number of rotatable bonds is 5. The summed E-state index contributed by atoms with van der Waals surface area (Å²) in [6, 6.07) is 11.6. The Morgan fingerprint density at radius 1 is 1.17 bits per heavy atom. The van der Waals surface area contributed by atoms with Gasteiger partial charge in [0.05, 0.1) is 18.5 Å². The number of amides is 2. The topological polar surface area (TPSA) is 92.1 Å². The number of primary amides is 1. The first-order chi connectivity index (χ1) is 14.0. The molecule has 29 heavy (non-hydrogen) atoms. The van der Waals surface area contributed by atoms with Crippen molar-refractivity contribution in [1.29, 1.82) is 0 Å². The number of hydrazone groups is 1. The Balaban J connectivity index is 1.49. The van der Waals surface area contributed by atoms with Gasteiger partial charge in [0.25, 0.3) is 5.91 Å². The molecule has 1 aromatic carbocycles. The second-order valence-corrected chi connectivity index (χ2v) is 7.84. The number of benzene rings is 1. The van der Waals surface area contributed by atoms with Crippen molar-refractivity contribution < 1.29 is 14.0 Å². The number of likely N-dealkylation sites (tertiary alicyclic amines) is 1. The minimum absolute atomic E-state index is 0.0639. The maximum atomic E-state index is 13.1. The fourth-order valence-electron chi connectivity index (χ4n) is 4.00. The van der Waals surface area contributed by atoms with Crippen molar-refractivity contribution >= 4 is 17.5 Å². The van der Waals surface area contributed by atoms with Crippen molar-refractivity contribution in [2.24, 2.45) is 16.8 Å². The summed E-state index contributed by atoms with van der Waals surface area (Å²) in [4.78, 5) is 26.5. The van der Waals surface area contributed by atoms with E-state index in [2.05, 4.69) is 10.0 Å². The lowest BCUT2D eigenvalue weighted by molar-refractivity contribution is -0.135. The van der Waals surface area contributed by atoms with Crippen LogP contribution in [0.2, 0.25) is 0 Å². The zero-order chi connectivity index (χ0) is 20.4. The zero-order valence-electron chi connectivity index (χ0n) is 16.6. The summed E-state index contributed by atoms with van der Waals surface area (Å²) in [6.07, 6.45) is 3.63. The highest BCUT2D eigenvalue weighted by atomic mass is 16.3. The first kappa shape index (κ1) is 19.4. The molecule has 2 aliphatic rings. The van der Waals surface area contributed by atoms with Gasteiger partial charge in [-0.15, -0.1) is 0 Å². The predicted octanol–water partition coefficient (Wildman–Crippen LogP) is 2.46. The number of hydrogen-bond donors (Lipinski definition) is 1. The summed E-state index contributed by atoms with van der Waals surface area (Å²) in [5, 5.41) is 6.24. The Labute approximate surface area is 170 Å². The maximum Gasteiger partial charge on any atom is 0.257 e. The molecule has 0 radical (unpaired) electrons. The second-order valence-electron chi connectivity index (χ2n) is 7.84. The van der Waals surface area contributed by atoms with Gasteiger partial charge in [0, 0.05) is 12.3 Å². The first-order valence-corrected chi connectivity index (χ1v) is 10.0. The molecule has 1 atom stereocenters. The Hall–Kier alpha value is -2.93. The quantitative estimate of drug-likeness (QED) is 0.843. The molecule has 0 bridgehead atoms. The van der Waals surface area contributed by atoms with Crippen LogP contribution in [0.3, 0.4) is 0 Å². The summed E-state index contributed by atoms with van der Waals surface area (Å²) >= 11 is 0. The van der Waals surface area contributed by atoms with Gasteiger partial charge in [0.1, 0.15) is 11.8 Å². The Kier molecular flexibility index (Phi) is 5.49. The maximum absolute atomic E-state index is 13.1. The molecule has 7 nitrogen and oxygen atoms in total. The van der Waals surface area contributed by atoms with Crippen LogP contribution in [-0.2, 0) is 9.59 Å². The lowest BCUT2D eigenvalue weighted by atomic mass is 9.96. The summed E-state index contributed by atoms with van der Waals surface area (Å²) in [7, 11) is 0. The molecule has 0 saturated carbocycles. The molecule has 2 aliphatic heterocycles. The third kappa shape index (κ3) is 4.24. The molecule has 1 aromatic heterocycles. The molecular weight excluding hydrogens is 368 g/mol. The van der Waals surface area contributed by atoms with Crippen molar-refractivity contribution in [2.75, 3.05) is 19.6 Å². The molecule has 2 amide bonds. The highest BCUT2D eigenvalue weighted by Crippen LogP contribution is 2.33. The highest BCUT2D eigenvalue weighted by Gasteiger charge is 2.36. The standard InChI is InChI=1S/C22H26N4O3/c1-15-4-6-16(7-5-15)18-13-19(20-3-2-12-29-20)26(24-18)21(27)14-25-10-8-17(9-11-25)22(23)28/h2-7,12,17,19H,8-11,13-14H2,1H3,(H2,23,28)/t19-/m1/s1. The number of aryl methyl sites for hydroxylation is 1. The third-order valence-corrected chi connectivity index (χ3v) is 5.77. The molecule has 4 rings (SSSR count). The average Bonchev–Trinajstić information content (AvgIpc) is 3.39. The summed E-state index contributed by atoms with van der Waals surface area (Å²) in [5.74, 6) is 0.332. The minimum Gasteiger partial charge on any atom is -0.467 e. The molecule has 0 spiro atoms. The van der Waals surface area contributed by atoms with Crippen molar-refractivity contribution in [2.45, 2.75) is 32.2 Å². The van der Waals surface area contributed by atoms with Gasteiger partial charge in [-0.2, -0.15) is 5.10 Å². The number of nitrogens with zero attached hydrogens (tertiary/aromatic N) is 3. The molecule has 3 heterocycles. The van der Waals surface area contributed by atoms with Crippen LogP contribution in [0.25, 0.3) is 0 Å². The Bertz CT molecular complexity index is 897. The Morgan fingerprint density at radius 2 is 1.90 bits per heavy atom. The van der Waals surface area contributed by atoms with Gasteiger partial charge in [0.2, 0.25) is 5.91 Å². The number of hydrogen-bond acceptors (Lipinski definition) is 5. The van der Waals surface area contributed by atoms with Crippen LogP contribution in [0.4, 0.5) is 0 Å². The predicted molar refractivity (Wildman–Crippen MR) is 109 cm³/mol. The van der Waals surface area contributed by atoms with E-state index in [0.29, 0.717) is 32.4 Å². The summed E-state index contributed by atoms with van der Waals surface area (Å²) in [5.41, 5.74) is 8.49. The van der Waals surface area contributed by atoms with E-state index in [1.165, 1.54) is 5.56 Å². The molecular formula is C22H26N4O3. The van der Waals surface area contributed by atoms with Crippen molar-refractivity contribution in [3.05, 3.63) is 59.5 Å². The summed E-state index contributed by atoms with van der Waals surface area (Å²) < 4.78 is 5.60. The van der Waals surface area contributed by atoms with E-state index < -0.39 is 0 Å². The highest BCUT2D eigenvalue weighted by molar-refractivity contribution is 6.03. The molecule has 2 N–H and O–H groups in total. The largest absolute Gasteiger partial charge is 0.467 e. The fourth-order valence-corrected chi connectivity index (χ4v) is 4.00. The minimum atomic E-state index is -0.249. The monoisotopic (exact) mass is 394 g/mol. The zero-order valence-corrected chi connectivity index (χ0v) is 16.6. The van der Waals surface area contributed by atoms with Gasteiger partial charge in [-0.3, -0.25) is 14.5 Å². The van der Waals surface area contributed by atoms with Crippen molar-refractivity contribution in [3.8, 4) is 0 Å². The second kappa shape index (κ2) is 8.21. The number of nitrogens with two attached hydrogens (primary N) is 1. The van der Waals surface area contributed by atoms with Crippen LogP contribution >= 0.6 is 0 Å². The van der Waals surface area contributed by atoms with Gasteiger partial charge < -0.3 is 10.2 Å². The smallest absolute Gasteiger partial charge is 0.257 e. The van der Waals surface area contributed by atoms with Crippen LogP contribution in [-0.4, -0.2) is 47.1 Å². The molecule has 152 valence electrons. The Morgan fingerprint density at radius 3 is 2.52 bits per heavy atom. The van der Waals surface area contributed by atoms with Crippen LogP contribution in [0.1, 0.15) is 42.2 Å². The van der Waals surface area contributed by atoms with Crippen molar-refractivity contribution in [1.82, 2.24) is 9.91 Å². The van der Waals surface area contributed by atoms with E-state index in [0.717, 1.165) is 17.0 Å². The van der Waals surface area contributed by atoms with Gasteiger partial charge in [-0.05, 0) is 50.6 Å². The fraction of sp³-hybridized carbons (Fsp3) is 0.409. The molecule has 7 heteroatoms. The molecule has 0 aliphatic carbocycles. The molecule has 0 unspecified atom stereocenters. The van der Waals surface area contributed by atoms with Gasteiger partial charge >= 0.3 is 0 Å². The third-order valence-electron chi connectivity index (χ3n) is 5.77. The van der Waals surface area contributed by atoms with E-state index in [1.807, 2.05) is 43.3 Å². The van der Waals surface area contributed by atoms with E-state index in [4.69, 9.17) is 10.2 Å². The first-order valence-electron chi connectivity index (χ1n) is 10.0. The lowest BCUT2D eigenvalue weighted by Gasteiger charge is -2.31.